The molecule has 0 aromatic heterocycles. The zero-order chi connectivity index (χ0) is 28.8. The van der Waals surface area contributed by atoms with Crippen molar-refractivity contribution in [1.29, 1.82) is 0 Å². The van der Waals surface area contributed by atoms with E-state index in [4.69, 9.17) is 51.1 Å². The number of esters is 1. The minimum atomic E-state index is -1.13. The summed E-state index contributed by atoms with van der Waals surface area (Å²) in [6, 6.07) is 28.0. The molecular weight excluding hydrogens is 578 g/mol. The molecule has 0 radical (unpaired) electrons. The largest absolute Gasteiger partial charge is 0.480 e. The molecule has 0 aliphatic heterocycles. The molecule has 0 aliphatic carbocycles. The number of methoxy groups -OCH3 is 1. The summed E-state index contributed by atoms with van der Waals surface area (Å²) < 4.78 is 4.98. The predicted molar refractivity (Wildman–Crippen MR) is 158 cm³/mol. The van der Waals surface area contributed by atoms with Crippen LogP contribution in [0.2, 0.25) is 20.1 Å². The fourth-order valence-corrected chi connectivity index (χ4v) is 4.66. The summed E-state index contributed by atoms with van der Waals surface area (Å²) in [5.74, 6) is -1.25. The zero-order valence-corrected chi connectivity index (χ0v) is 24.4. The monoisotopic (exact) mass is 602 g/mol. The maximum atomic E-state index is 12.3. The number of benzene rings is 4. The fraction of sp³-hybridized carbons (Fsp3) is 0.161. The molecule has 8 heteroatoms. The van der Waals surface area contributed by atoms with Crippen molar-refractivity contribution in [3.8, 4) is 0 Å². The highest BCUT2D eigenvalue weighted by atomic mass is 35.5. The molecule has 4 rings (SSSR count). The fourth-order valence-electron chi connectivity index (χ4n) is 4.15. The summed E-state index contributed by atoms with van der Waals surface area (Å²) in [5, 5.41) is 12.0. The molecule has 0 saturated carbocycles. The van der Waals surface area contributed by atoms with Crippen LogP contribution in [0.25, 0.3) is 0 Å². The van der Waals surface area contributed by atoms with E-state index in [1.165, 1.54) is 7.11 Å². The molecule has 202 valence electrons. The molecule has 0 unspecified atom stereocenters. The topological polar surface area (TPSA) is 63.6 Å². The standard InChI is InChI=1S/C16H14Cl2O2.C15H12Cl2O2/c1-16(15(19)20-2,11-3-7-13(17)8-4-11)12-5-9-14(18)10-6-12;1-15(14(18)19,10-2-6-12(16)7-3-10)11-4-8-13(17)9-5-11/h3-10H,1-2H3;2-9H,1H3,(H,18,19). The van der Waals surface area contributed by atoms with Gasteiger partial charge in [0.1, 0.15) is 10.8 Å². The number of carbonyl (C=O) groups is 2. The molecule has 0 heterocycles. The molecule has 39 heavy (non-hydrogen) atoms. The number of halogens is 4. The molecule has 0 saturated heterocycles. The molecule has 0 amide bonds. The Kier molecular flexibility index (Phi) is 10.1. The predicted octanol–water partition coefficient (Wildman–Crippen LogP) is 8.86. The van der Waals surface area contributed by atoms with Gasteiger partial charge in [0.15, 0.2) is 0 Å². The van der Waals surface area contributed by atoms with E-state index >= 15 is 0 Å². The maximum Gasteiger partial charge on any atom is 0.320 e. The average molecular weight is 604 g/mol. The third-order valence-corrected chi connectivity index (χ3v) is 7.72. The van der Waals surface area contributed by atoms with E-state index < -0.39 is 16.8 Å². The van der Waals surface area contributed by atoms with Crippen LogP contribution < -0.4 is 0 Å². The first-order valence-corrected chi connectivity index (χ1v) is 13.3. The van der Waals surface area contributed by atoms with Crippen LogP contribution in [0.5, 0.6) is 0 Å². The van der Waals surface area contributed by atoms with Gasteiger partial charge in [-0.25, -0.2) is 0 Å². The third-order valence-electron chi connectivity index (χ3n) is 6.71. The molecule has 0 bridgehead atoms. The summed E-state index contributed by atoms with van der Waals surface area (Å²) >= 11 is 23.5. The maximum absolute atomic E-state index is 12.3. The summed E-state index contributed by atoms with van der Waals surface area (Å²) in [7, 11) is 1.38. The summed E-state index contributed by atoms with van der Waals surface area (Å²) in [5.41, 5.74) is 0.949. The van der Waals surface area contributed by atoms with Crippen LogP contribution in [0.15, 0.2) is 97.1 Å². The number of hydrogen-bond donors (Lipinski definition) is 1. The average Bonchev–Trinajstić information content (AvgIpc) is 2.93. The van der Waals surface area contributed by atoms with Gasteiger partial charge >= 0.3 is 11.9 Å². The van der Waals surface area contributed by atoms with Gasteiger partial charge in [-0.1, -0.05) is 94.9 Å². The van der Waals surface area contributed by atoms with E-state index in [9.17, 15) is 14.7 Å². The number of aliphatic carboxylic acids is 1. The van der Waals surface area contributed by atoms with E-state index in [1.54, 1.807) is 79.7 Å². The Bertz CT molecular complexity index is 1320. The minimum Gasteiger partial charge on any atom is -0.480 e. The van der Waals surface area contributed by atoms with Crippen molar-refractivity contribution in [3.63, 3.8) is 0 Å². The van der Waals surface area contributed by atoms with Crippen LogP contribution in [0, 0.1) is 0 Å². The number of carbonyl (C=O) groups excluding carboxylic acids is 1. The Labute approximate surface area is 248 Å². The highest BCUT2D eigenvalue weighted by Crippen LogP contribution is 2.35. The van der Waals surface area contributed by atoms with Crippen molar-refractivity contribution >= 4 is 58.3 Å². The molecule has 0 fully saturated rings. The van der Waals surface area contributed by atoms with E-state index in [1.807, 2.05) is 31.2 Å². The van der Waals surface area contributed by atoms with Gasteiger partial charge in [0.05, 0.1) is 7.11 Å². The smallest absolute Gasteiger partial charge is 0.320 e. The second-order valence-electron chi connectivity index (χ2n) is 9.07. The molecule has 4 aromatic carbocycles. The van der Waals surface area contributed by atoms with Crippen molar-refractivity contribution < 1.29 is 19.4 Å². The molecule has 4 aromatic rings. The number of carboxylic acids is 1. The van der Waals surface area contributed by atoms with Gasteiger partial charge in [-0.3, -0.25) is 9.59 Å². The van der Waals surface area contributed by atoms with Crippen LogP contribution in [0.4, 0.5) is 0 Å². The number of carboxylic acid groups (broad SMARTS) is 1. The Morgan fingerprint density at radius 3 is 0.974 bits per heavy atom. The van der Waals surface area contributed by atoms with Gasteiger partial charge in [0.2, 0.25) is 0 Å². The lowest BCUT2D eigenvalue weighted by atomic mass is 9.76. The zero-order valence-electron chi connectivity index (χ0n) is 21.4. The van der Waals surface area contributed by atoms with Crippen molar-refractivity contribution in [2.75, 3.05) is 7.11 Å². The number of hydrogen-bond acceptors (Lipinski definition) is 3. The third kappa shape index (κ3) is 6.77. The van der Waals surface area contributed by atoms with Crippen LogP contribution in [-0.4, -0.2) is 24.2 Å². The Morgan fingerprint density at radius 1 is 0.538 bits per heavy atom. The second kappa shape index (κ2) is 12.9. The molecular formula is C31H26Cl4O4. The van der Waals surface area contributed by atoms with Gasteiger partial charge < -0.3 is 9.84 Å². The molecule has 0 aliphatic rings. The van der Waals surface area contributed by atoms with Gasteiger partial charge in [-0.2, -0.15) is 0 Å². The lowest BCUT2D eigenvalue weighted by molar-refractivity contribution is -0.145. The van der Waals surface area contributed by atoms with Crippen molar-refractivity contribution in [3.05, 3.63) is 139 Å². The Balaban J connectivity index is 0.000000216. The van der Waals surface area contributed by atoms with Crippen molar-refractivity contribution in [2.24, 2.45) is 0 Å². The van der Waals surface area contributed by atoms with Gasteiger partial charge in [-0.15, -0.1) is 0 Å². The van der Waals surface area contributed by atoms with Gasteiger partial charge in [0.25, 0.3) is 0 Å². The van der Waals surface area contributed by atoms with E-state index in [2.05, 4.69) is 0 Å². The molecule has 0 spiro atoms. The lowest BCUT2D eigenvalue weighted by Gasteiger charge is -2.28. The summed E-state index contributed by atoms with van der Waals surface area (Å²) in [4.78, 5) is 24.0. The van der Waals surface area contributed by atoms with E-state index in [0.717, 1.165) is 11.1 Å². The normalized spacial score (nSPS) is 11.3. The van der Waals surface area contributed by atoms with Crippen molar-refractivity contribution in [1.82, 2.24) is 0 Å². The van der Waals surface area contributed by atoms with Crippen molar-refractivity contribution in [2.45, 2.75) is 24.7 Å². The number of ether oxygens (including phenoxy) is 1. The van der Waals surface area contributed by atoms with Gasteiger partial charge in [0, 0.05) is 20.1 Å². The van der Waals surface area contributed by atoms with Gasteiger partial charge in [-0.05, 0) is 84.6 Å². The van der Waals surface area contributed by atoms with Crippen LogP contribution in [0.3, 0.4) is 0 Å². The Morgan fingerprint density at radius 2 is 0.769 bits per heavy atom. The molecule has 1 N–H and O–H groups in total. The van der Waals surface area contributed by atoms with Crippen LogP contribution in [-0.2, 0) is 25.2 Å². The van der Waals surface area contributed by atoms with Crippen LogP contribution >= 0.6 is 46.4 Å². The SMILES string of the molecule is CC(C(=O)O)(c1ccc(Cl)cc1)c1ccc(Cl)cc1.COC(=O)C(C)(c1ccc(Cl)cc1)c1ccc(Cl)cc1. The van der Waals surface area contributed by atoms with Crippen LogP contribution in [0.1, 0.15) is 36.1 Å². The first-order chi connectivity index (χ1) is 18.4. The molecule has 0 atom stereocenters. The second-order valence-corrected chi connectivity index (χ2v) is 10.8. The Hall–Kier alpha value is -3.02. The first-order valence-electron chi connectivity index (χ1n) is 11.8. The lowest BCUT2D eigenvalue weighted by Crippen LogP contribution is -2.35. The molecule has 4 nitrogen and oxygen atoms in total. The minimum absolute atomic E-state index is 0.331. The summed E-state index contributed by atoms with van der Waals surface area (Å²) in [6.07, 6.45) is 0. The van der Waals surface area contributed by atoms with E-state index in [0.29, 0.717) is 31.2 Å². The quantitative estimate of drug-likeness (QED) is 0.224. The highest BCUT2D eigenvalue weighted by Gasteiger charge is 2.38. The van der Waals surface area contributed by atoms with E-state index in [-0.39, 0.29) is 5.97 Å². The first kappa shape index (κ1) is 30.5. The number of rotatable bonds is 6. The summed E-state index contributed by atoms with van der Waals surface area (Å²) in [6.45, 7) is 3.49. The highest BCUT2D eigenvalue weighted by molar-refractivity contribution is 6.31.